The van der Waals surface area contributed by atoms with Gasteiger partial charge in [-0.05, 0) is 56.4 Å². The lowest BCUT2D eigenvalue weighted by Gasteiger charge is -2.25. The van der Waals surface area contributed by atoms with E-state index in [2.05, 4.69) is 25.3 Å². The van der Waals surface area contributed by atoms with E-state index in [-0.39, 0.29) is 5.91 Å². The predicted molar refractivity (Wildman–Crippen MR) is 118 cm³/mol. The first-order valence-corrected chi connectivity index (χ1v) is 10.6. The van der Waals surface area contributed by atoms with Gasteiger partial charge in [0.1, 0.15) is 5.69 Å². The number of hydrogen-bond acceptors (Lipinski definition) is 5. The fourth-order valence-electron chi connectivity index (χ4n) is 3.17. The first-order valence-electron chi connectivity index (χ1n) is 10.6. The normalized spacial score (nSPS) is 13.4. The van der Waals surface area contributed by atoms with Crippen LogP contribution < -0.4 is 5.32 Å². The van der Waals surface area contributed by atoms with E-state index in [1.807, 2.05) is 32.0 Å². The molecule has 0 aliphatic heterocycles. The summed E-state index contributed by atoms with van der Waals surface area (Å²) in [5.74, 6) is -1.45. The molecule has 1 saturated carbocycles. The van der Waals surface area contributed by atoms with Crippen LogP contribution in [-0.4, -0.2) is 49.6 Å². The number of carboxylic acids is 1. The van der Waals surface area contributed by atoms with Gasteiger partial charge in [-0.2, -0.15) is 13.2 Å². The standard InChI is InChI=1S/C21H23N5O.C2HF3O2/c1-13-14(2)26-20(25-13)19-9-16(6-7-23-19)17-8-18(12-22-11-17)21(27)24-10-15-4-3-5-15;3-2(4,5)1(6)7/h6-9,11-12,15H,3-5,10H2,1-2H3,(H,24,27)(H,25,26);(H,6,7). The topological polar surface area (TPSA) is 121 Å². The summed E-state index contributed by atoms with van der Waals surface area (Å²) in [6.45, 7) is 4.71. The maximum atomic E-state index is 12.4. The minimum atomic E-state index is -5.08. The minimum Gasteiger partial charge on any atom is -0.475 e. The zero-order chi connectivity index (χ0) is 24.9. The minimum absolute atomic E-state index is 0.0668. The Balaban J connectivity index is 0.000000406. The van der Waals surface area contributed by atoms with E-state index in [0.29, 0.717) is 11.5 Å². The van der Waals surface area contributed by atoms with Crippen LogP contribution in [0.5, 0.6) is 0 Å². The molecule has 180 valence electrons. The molecule has 34 heavy (non-hydrogen) atoms. The van der Waals surface area contributed by atoms with Crippen molar-refractivity contribution in [1.29, 1.82) is 0 Å². The smallest absolute Gasteiger partial charge is 0.475 e. The van der Waals surface area contributed by atoms with Crippen molar-refractivity contribution in [3.63, 3.8) is 0 Å². The quantitative estimate of drug-likeness (QED) is 0.506. The second-order valence-corrected chi connectivity index (χ2v) is 8.00. The Bertz CT molecular complexity index is 1150. The zero-order valence-corrected chi connectivity index (χ0v) is 18.6. The molecule has 0 unspecified atom stereocenters. The van der Waals surface area contributed by atoms with Gasteiger partial charge in [-0.25, -0.2) is 9.78 Å². The molecule has 3 aromatic heterocycles. The average Bonchev–Trinajstić information content (AvgIpc) is 3.11. The number of aryl methyl sites for hydroxylation is 2. The van der Waals surface area contributed by atoms with Crippen LogP contribution in [0.4, 0.5) is 13.2 Å². The summed E-state index contributed by atoms with van der Waals surface area (Å²) in [6.07, 6.45) is 3.74. The van der Waals surface area contributed by atoms with E-state index in [4.69, 9.17) is 9.90 Å². The lowest BCUT2D eigenvalue weighted by atomic mass is 9.85. The summed E-state index contributed by atoms with van der Waals surface area (Å²) in [4.78, 5) is 37.8. The number of aromatic amines is 1. The Morgan fingerprint density at radius 3 is 2.44 bits per heavy atom. The van der Waals surface area contributed by atoms with Crippen LogP contribution in [-0.2, 0) is 4.79 Å². The third-order valence-electron chi connectivity index (χ3n) is 5.48. The van der Waals surface area contributed by atoms with Crippen molar-refractivity contribution in [2.24, 2.45) is 5.92 Å². The van der Waals surface area contributed by atoms with Gasteiger partial charge < -0.3 is 15.4 Å². The Kier molecular flexibility index (Phi) is 7.64. The van der Waals surface area contributed by atoms with Crippen LogP contribution in [0.3, 0.4) is 0 Å². The second kappa shape index (κ2) is 10.4. The molecule has 3 N–H and O–H groups in total. The van der Waals surface area contributed by atoms with Gasteiger partial charge in [-0.15, -0.1) is 0 Å². The van der Waals surface area contributed by atoms with Crippen LogP contribution in [0.15, 0.2) is 36.8 Å². The second-order valence-electron chi connectivity index (χ2n) is 8.00. The number of halogens is 3. The number of rotatable bonds is 5. The number of nitrogens with zero attached hydrogens (tertiary/aromatic N) is 3. The molecule has 0 bridgehead atoms. The summed E-state index contributed by atoms with van der Waals surface area (Å²) >= 11 is 0. The van der Waals surface area contributed by atoms with E-state index in [0.717, 1.165) is 40.6 Å². The molecule has 0 spiro atoms. The fraction of sp³-hybridized carbons (Fsp3) is 0.348. The Morgan fingerprint density at radius 1 is 1.18 bits per heavy atom. The molecular formula is C23H24F3N5O3. The number of carbonyl (C=O) groups excluding carboxylic acids is 1. The summed E-state index contributed by atoms with van der Waals surface area (Å²) < 4.78 is 31.7. The number of nitrogens with one attached hydrogen (secondary N) is 2. The predicted octanol–water partition coefficient (Wildman–Crippen LogP) is 4.31. The van der Waals surface area contributed by atoms with Gasteiger partial charge in [0.25, 0.3) is 5.91 Å². The van der Waals surface area contributed by atoms with Gasteiger partial charge in [0, 0.05) is 36.4 Å². The zero-order valence-electron chi connectivity index (χ0n) is 18.6. The van der Waals surface area contributed by atoms with Gasteiger partial charge >= 0.3 is 12.1 Å². The van der Waals surface area contributed by atoms with E-state index >= 15 is 0 Å². The molecule has 8 nitrogen and oxygen atoms in total. The first kappa shape index (κ1) is 24.9. The molecule has 3 aromatic rings. The number of pyridine rings is 2. The summed E-state index contributed by atoms with van der Waals surface area (Å²) in [5, 5.41) is 10.1. The lowest BCUT2D eigenvalue weighted by molar-refractivity contribution is -0.192. The number of hydrogen-bond donors (Lipinski definition) is 3. The van der Waals surface area contributed by atoms with Crippen molar-refractivity contribution in [2.75, 3.05) is 6.54 Å². The van der Waals surface area contributed by atoms with Crippen LogP contribution >= 0.6 is 0 Å². The Hall–Kier alpha value is -3.76. The number of aliphatic carboxylic acids is 1. The number of H-pyrrole nitrogens is 1. The Labute approximate surface area is 193 Å². The molecule has 0 radical (unpaired) electrons. The molecule has 3 heterocycles. The maximum Gasteiger partial charge on any atom is 0.490 e. The highest BCUT2D eigenvalue weighted by Crippen LogP contribution is 2.26. The molecule has 1 fully saturated rings. The van der Waals surface area contributed by atoms with Crippen molar-refractivity contribution >= 4 is 11.9 Å². The number of carboxylic acid groups (broad SMARTS) is 1. The maximum absolute atomic E-state index is 12.4. The third kappa shape index (κ3) is 6.40. The molecule has 1 aliphatic rings. The van der Waals surface area contributed by atoms with Crippen molar-refractivity contribution < 1.29 is 27.9 Å². The van der Waals surface area contributed by atoms with Crippen molar-refractivity contribution in [1.82, 2.24) is 25.3 Å². The monoisotopic (exact) mass is 475 g/mol. The highest BCUT2D eigenvalue weighted by molar-refractivity contribution is 5.95. The van der Waals surface area contributed by atoms with E-state index < -0.39 is 12.1 Å². The number of amides is 1. The molecule has 11 heteroatoms. The first-order chi connectivity index (χ1) is 16.0. The number of alkyl halides is 3. The highest BCUT2D eigenvalue weighted by atomic mass is 19.4. The van der Waals surface area contributed by atoms with E-state index in [9.17, 15) is 18.0 Å². The van der Waals surface area contributed by atoms with Crippen LogP contribution in [0.25, 0.3) is 22.6 Å². The summed E-state index contributed by atoms with van der Waals surface area (Å²) in [5.41, 5.74) is 5.18. The van der Waals surface area contributed by atoms with E-state index in [1.165, 1.54) is 19.3 Å². The number of aromatic nitrogens is 4. The molecule has 0 atom stereocenters. The van der Waals surface area contributed by atoms with Gasteiger partial charge in [-0.3, -0.25) is 14.8 Å². The molecule has 0 aromatic carbocycles. The molecule has 0 saturated heterocycles. The lowest BCUT2D eigenvalue weighted by Crippen LogP contribution is -2.32. The van der Waals surface area contributed by atoms with Gasteiger partial charge in [0.15, 0.2) is 5.82 Å². The third-order valence-corrected chi connectivity index (χ3v) is 5.48. The molecule has 1 amide bonds. The van der Waals surface area contributed by atoms with E-state index in [1.54, 1.807) is 18.6 Å². The average molecular weight is 475 g/mol. The van der Waals surface area contributed by atoms with Gasteiger partial charge in [-0.1, -0.05) is 6.42 Å². The number of imidazole rings is 1. The molecule has 4 rings (SSSR count). The fourth-order valence-corrected chi connectivity index (χ4v) is 3.17. The summed E-state index contributed by atoms with van der Waals surface area (Å²) in [7, 11) is 0. The van der Waals surface area contributed by atoms with Crippen molar-refractivity contribution in [2.45, 2.75) is 39.3 Å². The van der Waals surface area contributed by atoms with Crippen LogP contribution in [0, 0.1) is 19.8 Å². The number of carbonyl (C=O) groups is 2. The summed E-state index contributed by atoms with van der Waals surface area (Å²) in [6, 6.07) is 5.75. The van der Waals surface area contributed by atoms with Crippen LogP contribution in [0.2, 0.25) is 0 Å². The van der Waals surface area contributed by atoms with Gasteiger partial charge in [0.05, 0.1) is 11.3 Å². The van der Waals surface area contributed by atoms with Crippen molar-refractivity contribution in [3.05, 3.63) is 53.7 Å². The molecule has 1 aliphatic carbocycles. The largest absolute Gasteiger partial charge is 0.490 e. The SMILES string of the molecule is Cc1nc(-c2cc(-c3cncc(C(=O)NCC4CCC4)c3)ccn2)[nH]c1C.O=C(O)C(F)(F)F. The highest BCUT2D eigenvalue weighted by Gasteiger charge is 2.38. The Morgan fingerprint density at radius 2 is 1.88 bits per heavy atom. The van der Waals surface area contributed by atoms with Crippen LogP contribution in [0.1, 0.15) is 41.0 Å². The molecular weight excluding hydrogens is 451 g/mol. The van der Waals surface area contributed by atoms with Gasteiger partial charge in [0.2, 0.25) is 0 Å². The van der Waals surface area contributed by atoms with Crippen molar-refractivity contribution in [3.8, 4) is 22.6 Å².